The number of nitrogens with zero attached hydrogens (tertiary/aromatic N) is 3. The summed E-state index contributed by atoms with van der Waals surface area (Å²) >= 11 is -0.425. The van der Waals surface area contributed by atoms with E-state index in [1.54, 1.807) is 24.3 Å². The predicted molar refractivity (Wildman–Crippen MR) is 65.0 cm³/mol. The third-order valence-electron chi connectivity index (χ3n) is 3.04. The molecular weight excluding hydrogens is 294 g/mol. The summed E-state index contributed by atoms with van der Waals surface area (Å²) in [6, 6.07) is 8.59. The zero-order valence-corrected chi connectivity index (χ0v) is 10.8. The summed E-state index contributed by atoms with van der Waals surface area (Å²) in [7, 11) is 0. The molecule has 3 nitrogen and oxygen atoms in total. The Morgan fingerprint density at radius 2 is 1.90 bits per heavy atom. The van der Waals surface area contributed by atoms with Crippen LogP contribution in [0.1, 0.15) is 30.0 Å². The number of alkyl halides is 4. The number of fused-ring (bicyclic) bond motifs is 1. The summed E-state index contributed by atoms with van der Waals surface area (Å²) in [5, 5.41) is 3.33. The van der Waals surface area contributed by atoms with Crippen molar-refractivity contribution >= 4 is 11.8 Å². The molecule has 1 aromatic carbocycles. The van der Waals surface area contributed by atoms with E-state index in [-0.39, 0.29) is 12.2 Å². The molecule has 2 unspecified atom stereocenters. The number of aromatic nitrogens is 3. The highest BCUT2D eigenvalue weighted by atomic mass is 32.2. The minimum absolute atomic E-state index is 0.0365. The average Bonchev–Trinajstić information content (AvgIpc) is 2.89. The molecule has 0 aliphatic carbocycles. The molecule has 1 aliphatic rings. The van der Waals surface area contributed by atoms with E-state index >= 15 is 0 Å². The molecule has 20 heavy (non-hydrogen) atoms. The molecule has 3 rings (SSSR count). The summed E-state index contributed by atoms with van der Waals surface area (Å²) in [4.78, 5) is 3.65. The number of hydrogen-bond donors (Lipinski definition) is 0. The zero-order chi connectivity index (χ0) is 14.3. The van der Waals surface area contributed by atoms with E-state index in [1.807, 2.05) is 6.07 Å². The van der Waals surface area contributed by atoms with E-state index in [0.717, 1.165) is 5.56 Å². The van der Waals surface area contributed by atoms with E-state index in [2.05, 4.69) is 10.1 Å². The normalized spacial score (nSPS) is 22.0. The van der Waals surface area contributed by atoms with Crippen molar-refractivity contribution in [3.63, 3.8) is 0 Å². The Morgan fingerprint density at radius 1 is 1.20 bits per heavy atom. The van der Waals surface area contributed by atoms with Gasteiger partial charge >= 0.3 is 5.51 Å². The molecule has 0 spiro atoms. The molecule has 106 valence electrons. The Morgan fingerprint density at radius 3 is 2.55 bits per heavy atom. The lowest BCUT2D eigenvalue weighted by molar-refractivity contribution is -0.0331. The van der Waals surface area contributed by atoms with Crippen molar-refractivity contribution in [2.45, 2.75) is 29.3 Å². The highest BCUT2D eigenvalue weighted by molar-refractivity contribution is 8.00. The van der Waals surface area contributed by atoms with E-state index in [0.29, 0.717) is 0 Å². The van der Waals surface area contributed by atoms with Gasteiger partial charge in [-0.05, 0) is 5.56 Å². The molecule has 0 amide bonds. The number of halogens is 4. The first kappa shape index (κ1) is 13.4. The van der Waals surface area contributed by atoms with Crippen LogP contribution in [0.2, 0.25) is 0 Å². The molecule has 2 aromatic rings. The van der Waals surface area contributed by atoms with Crippen molar-refractivity contribution in [1.29, 1.82) is 0 Å². The van der Waals surface area contributed by atoms with Crippen LogP contribution in [-0.4, -0.2) is 20.3 Å². The minimum Gasteiger partial charge on any atom is -0.239 e. The number of thioether (sulfide) groups is 1. The molecule has 8 heteroatoms. The number of hydrogen-bond acceptors (Lipinski definition) is 3. The third-order valence-corrected chi connectivity index (χ3v) is 3.62. The molecule has 0 N–H and O–H groups in total. The van der Waals surface area contributed by atoms with Crippen LogP contribution < -0.4 is 0 Å². The average molecular weight is 303 g/mol. The summed E-state index contributed by atoms with van der Waals surface area (Å²) in [6.07, 6.45) is -1.24. The van der Waals surface area contributed by atoms with Gasteiger partial charge in [0, 0.05) is 18.2 Å². The third kappa shape index (κ3) is 2.52. The topological polar surface area (TPSA) is 30.7 Å². The second-order valence-corrected chi connectivity index (χ2v) is 5.41. The summed E-state index contributed by atoms with van der Waals surface area (Å²) in [5.41, 5.74) is -3.67. The van der Waals surface area contributed by atoms with E-state index in [4.69, 9.17) is 0 Å². The Hall–Kier alpha value is -1.57. The maximum atomic E-state index is 13.9. The molecule has 2 atom stereocenters. The van der Waals surface area contributed by atoms with Crippen LogP contribution in [0.3, 0.4) is 0 Å². The standard InChI is InChI=1S/C12H9F4N3S/c13-8-6-9(7-4-2-1-3-5-7)19-10(8)17-11(18-19)20-12(14,15)16/h1-5,8-9H,6H2. The van der Waals surface area contributed by atoms with Crippen molar-refractivity contribution in [2.75, 3.05) is 0 Å². The van der Waals surface area contributed by atoms with Gasteiger partial charge in [0.15, 0.2) is 12.0 Å². The van der Waals surface area contributed by atoms with Gasteiger partial charge in [0.1, 0.15) is 0 Å². The lowest BCUT2D eigenvalue weighted by atomic mass is 10.0. The van der Waals surface area contributed by atoms with Crippen LogP contribution in [0.25, 0.3) is 0 Å². The SMILES string of the molecule is FC1CC(c2ccccc2)n2nc(SC(F)(F)F)nc21. The predicted octanol–water partition coefficient (Wildman–Crippen LogP) is 3.89. The van der Waals surface area contributed by atoms with Gasteiger partial charge in [0.05, 0.1) is 6.04 Å². The van der Waals surface area contributed by atoms with Crippen molar-refractivity contribution in [3.8, 4) is 0 Å². The summed E-state index contributed by atoms with van der Waals surface area (Å²) in [5.74, 6) is -0.0365. The Labute approximate surface area is 116 Å². The number of benzene rings is 1. The lowest BCUT2D eigenvalue weighted by Gasteiger charge is -2.11. The van der Waals surface area contributed by atoms with Crippen molar-refractivity contribution in [1.82, 2.24) is 14.8 Å². The minimum atomic E-state index is -4.48. The van der Waals surface area contributed by atoms with Crippen LogP contribution in [-0.2, 0) is 0 Å². The summed E-state index contributed by atoms with van der Waals surface area (Å²) < 4.78 is 52.0. The molecule has 2 heterocycles. The fraction of sp³-hybridized carbons (Fsp3) is 0.333. The van der Waals surface area contributed by atoms with E-state index in [9.17, 15) is 17.6 Å². The molecule has 0 radical (unpaired) electrons. The molecule has 0 saturated heterocycles. The van der Waals surface area contributed by atoms with Crippen LogP contribution in [0.4, 0.5) is 17.6 Å². The number of rotatable bonds is 2. The fourth-order valence-corrected chi connectivity index (χ4v) is 2.73. The molecule has 0 saturated carbocycles. The van der Waals surface area contributed by atoms with Gasteiger partial charge in [-0.1, -0.05) is 30.3 Å². The lowest BCUT2D eigenvalue weighted by Crippen LogP contribution is -2.08. The largest absolute Gasteiger partial charge is 0.449 e. The smallest absolute Gasteiger partial charge is 0.239 e. The van der Waals surface area contributed by atoms with Gasteiger partial charge in [0.25, 0.3) is 0 Å². The van der Waals surface area contributed by atoms with Gasteiger partial charge in [0.2, 0.25) is 5.16 Å². The van der Waals surface area contributed by atoms with Gasteiger partial charge < -0.3 is 0 Å². The molecule has 0 bridgehead atoms. The van der Waals surface area contributed by atoms with Gasteiger partial charge in [-0.2, -0.15) is 13.2 Å². The van der Waals surface area contributed by atoms with Crippen LogP contribution >= 0.6 is 11.8 Å². The van der Waals surface area contributed by atoms with Crippen LogP contribution in [0.15, 0.2) is 35.5 Å². The maximum absolute atomic E-state index is 13.9. The second-order valence-electron chi connectivity index (χ2n) is 4.37. The highest BCUT2D eigenvalue weighted by Gasteiger charge is 2.38. The first-order chi connectivity index (χ1) is 9.44. The molecule has 0 fully saturated rings. The Balaban J connectivity index is 1.94. The van der Waals surface area contributed by atoms with Crippen molar-refractivity contribution < 1.29 is 17.6 Å². The van der Waals surface area contributed by atoms with Gasteiger partial charge in [-0.15, -0.1) is 5.10 Å². The quantitative estimate of drug-likeness (QED) is 0.623. The fourth-order valence-electron chi connectivity index (χ4n) is 2.26. The van der Waals surface area contributed by atoms with Crippen LogP contribution in [0, 0.1) is 0 Å². The monoisotopic (exact) mass is 303 g/mol. The first-order valence-electron chi connectivity index (χ1n) is 5.85. The Bertz CT molecular complexity index is 611. The van der Waals surface area contributed by atoms with Crippen molar-refractivity contribution in [3.05, 3.63) is 41.7 Å². The van der Waals surface area contributed by atoms with E-state index in [1.165, 1.54) is 4.68 Å². The van der Waals surface area contributed by atoms with Gasteiger partial charge in [-0.3, -0.25) is 0 Å². The second kappa shape index (κ2) is 4.76. The molecule has 1 aliphatic heterocycles. The molecule has 1 aromatic heterocycles. The highest BCUT2D eigenvalue weighted by Crippen LogP contribution is 2.42. The maximum Gasteiger partial charge on any atom is 0.449 e. The van der Waals surface area contributed by atoms with Crippen LogP contribution in [0.5, 0.6) is 0 Å². The van der Waals surface area contributed by atoms with E-state index < -0.39 is 34.6 Å². The van der Waals surface area contributed by atoms with Gasteiger partial charge in [-0.25, -0.2) is 14.1 Å². The Kier molecular flexibility index (Phi) is 3.19. The zero-order valence-electron chi connectivity index (χ0n) is 10.0. The van der Waals surface area contributed by atoms with Crippen molar-refractivity contribution in [2.24, 2.45) is 0 Å². The molecular formula is C12H9F4N3S. The first-order valence-corrected chi connectivity index (χ1v) is 6.67. The summed E-state index contributed by atoms with van der Waals surface area (Å²) in [6.45, 7) is 0.